The van der Waals surface area contributed by atoms with Crippen molar-refractivity contribution in [2.75, 3.05) is 5.75 Å². The third-order valence-corrected chi connectivity index (χ3v) is 5.99. The molecular formula is C20H34N2O4S. The van der Waals surface area contributed by atoms with E-state index in [0.29, 0.717) is 17.9 Å². The minimum absolute atomic E-state index is 0.00646. The summed E-state index contributed by atoms with van der Waals surface area (Å²) in [4.78, 5) is 0. The number of sulfonamides is 1. The van der Waals surface area contributed by atoms with Gasteiger partial charge in [-0.25, -0.2) is 13.1 Å². The predicted octanol–water partition coefficient (Wildman–Crippen LogP) is 2.99. The molecule has 2 rings (SSSR count). The average Bonchev–Trinajstić information content (AvgIpc) is 2.55. The molecule has 1 aliphatic rings. The Hall–Kier alpha value is -1.31. The molecule has 1 saturated carbocycles. The zero-order chi connectivity index (χ0) is 20.0. The van der Waals surface area contributed by atoms with Crippen LogP contribution in [0.5, 0.6) is 11.5 Å². The Balaban J connectivity index is 2.14. The van der Waals surface area contributed by atoms with Gasteiger partial charge in [0, 0.05) is 17.6 Å². The van der Waals surface area contributed by atoms with Crippen LogP contribution in [0.2, 0.25) is 0 Å². The summed E-state index contributed by atoms with van der Waals surface area (Å²) in [6.45, 7) is 7.79. The van der Waals surface area contributed by atoms with E-state index in [1.54, 1.807) is 0 Å². The van der Waals surface area contributed by atoms with E-state index in [-0.39, 0.29) is 30.0 Å². The molecule has 2 unspecified atom stereocenters. The molecule has 1 aromatic carbocycles. The molecule has 1 aliphatic carbocycles. The summed E-state index contributed by atoms with van der Waals surface area (Å²) in [6, 6.07) is 5.31. The van der Waals surface area contributed by atoms with Crippen LogP contribution in [0.3, 0.4) is 0 Å². The number of benzene rings is 1. The van der Waals surface area contributed by atoms with Crippen LogP contribution in [0.25, 0.3) is 0 Å². The molecule has 154 valence electrons. The van der Waals surface area contributed by atoms with Crippen molar-refractivity contribution < 1.29 is 17.9 Å². The number of hydrogen-bond acceptors (Lipinski definition) is 5. The van der Waals surface area contributed by atoms with E-state index in [9.17, 15) is 8.42 Å². The highest BCUT2D eigenvalue weighted by atomic mass is 32.2. The molecule has 0 aliphatic heterocycles. The molecule has 0 radical (unpaired) electrons. The van der Waals surface area contributed by atoms with Crippen LogP contribution in [-0.4, -0.2) is 38.5 Å². The summed E-state index contributed by atoms with van der Waals surface area (Å²) in [7, 11) is -3.44. The van der Waals surface area contributed by atoms with Gasteiger partial charge in [0.2, 0.25) is 10.0 Å². The molecule has 0 spiro atoms. The van der Waals surface area contributed by atoms with Gasteiger partial charge in [-0.2, -0.15) is 0 Å². The third kappa shape index (κ3) is 6.97. The Morgan fingerprint density at radius 2 is 1.63 bits per heavy atom. The zero-order valence-corrected chi connectivity index (χ0v) is 17.7. The number of hydrogen-bond donors (Lipinski definition) is 2. The normalized spacial score (nSPS) is 20.9. The van der Waals surface area contributed by atoms with Crippen LogP contribution >= 0.6 is 0 Å². The van der Waals surface area contributed by atoms with E-state index in [1.165, 1.54) is 0 Å². The highest BCUT2D eigenvalue weighted by Gasteiger charge is 2.26. The summed E-state index contributed by atoms with van der Waals surface area (Å²) < 4.78 is 39.8. The second-order valence-electron chi connectivity index (χ2n) is 7.81. The summed E-state index contributed by atoms with van der Waals surface area (Å²) in [5.74, 6) is 1.32. The van der Waals surface area contributed by atoms with Crippen molar-refractivity contribution >= 4 is 10.0 Å². The van der Waals surface area contributed by atoms with E-state index >= 15 is 0 Å². The molecule has 1 fully saturated rings. The van der Waals surface area contributed by atoms with Crippen LogP contribution in [0.15, 0.2) is 18.2 Å². The molecule has 1 aromatic rings. The maximum absolute atomic E-state index is 12.6. The summed E-state index contributed by atoms with van der Waals surface area (Å²) in [6.07, 6.45) is 4.05. The highest BCUT2D eigenvalue weighted by Crippen LogP contribution is 2.31. The Kier molecular flexibility index (Phi) is 7.94. The first-order chi connectivity index (χ1) is 12.7. The molecule has 27 heavy (non-hydrogen) atoms. The fraction of sp³-hybridized carbons (Fsp3) is 0.700. The van der Waals surface area contributed by atoms with Crippen molar-refractivity contribution in [1.29, 1.82) is 0 Å². The standard InChI is InChI=1S/C20H34N2O4S/c1-14(2)25-19-10-7-11-20(26-15(3)4)16(19)12-13-27(23,24)22-18-9-6-5-8-17(18)21/h7,10-11,14-15,17-18,22H,5-6,8-9,12-13,21H2,1-4H3. The van der Waals surface area contributed by atoms with Gasteiger partial charge in [0.05, 0.1) is 18.0 Å². The minimum Gasteiger partial charge on any atom is -0.491 e. The largest absolute Gasteiger partial charge is 0.491 e. The molecule has 0 saturated heterocycles. The first-order valence-corrected chi connectivity index (χ1v) is 11.5. The molecule has 0 bridgehead atoms. The van der Waals surface area contributed by atoms with Gasteiger partial charge in [0.1, 0.15) is 11.5 Å². The summed E-state index contributed by atoms with van der Waals surface area (Å²) >= 11 is 0. The van der Waals surface area contributed by atoms with E-state index < -0.39 is 10.0 Å². The molecule has 0 amide bonds. The number of nitrogens with one attached hydrogen (secondary N) is 1. The van der Waals surface area contributed by atoms with Crippen molar-refractivity contribution in [1.82, 2.24) is 4.72 Å². The first kappa shape index (κ1) is 22.0. The Morgan fingerprint density at radius 1 is 1.07 bits per heavy atom. The van der Waals surface area contributed by atoms with Crippen LogP contribution < -0.4 is 19.9 Å². The maximum Gasteiger partial charge on any atom is 0.212 e. The van der Waals surface area contributed by atoms with E-state index in [1.807, 2.05) is 45.9 Å². The quantitative estimate of drug-likeness (QED) is 0.667. The molecule has 7 heteroatoms. The van der Waals surface area contributed by atoms with Gasteiger partial charge in [-0.05, 0) is 59.1 Å². The smallest absolute Gasteiger partial charge is 0.212 e. The van der Waals surface area contributed by atoms with Crippen LogP contribution in [0, 0.1) is 0 Å². The van der Waals surface area contributed by atoms with Gasteiger partial charge in [0.15, 0.2) is 0 Å². The molecule has 2 atom stereocenters. The van der Waals surface area contributed by atoms with Crippen molar-refractivity contribution in [3.8, 4) is 11.5 Å². The zero-order valence-electron chi connectivity index (χ0n) is 16.9. The van der Waals surface area contributed by atoms with E-state index in [2.05, 4.69) is 4.72 Å². The lowest BCUT2D eigenvalue weighted by Crippen LogP contribution is -2.49. The first-order valence-electron chi connectivity index (χ1n) is 9.88. The summed E-state index contributed by atoms with van der Waals surface area (Å²) in [5.41, 5.74) is 6.87. The van der Waals surface area contributed by atoms with Crippen molar-refractivity contribution in [2.24, 2.45) is 5.73 Å². The van der Waals surface area contributed by atoms with Crippen molar-refractivity contribution in [3.63, 3.8) is 0 Å². The van der Waals surface area contributed by atoms with Gasteiger partial charge in [0.25, 0.3) is 0 Å². The molecule has 3 N–H and O–H groups in total. The third-order valence-electron chi connectivity index (χ3n) is 4.59. The maximum atomic E-state index is 12.6. The summed E-state index contributed by atoms with van der Waals surface area (Å²) in [5, 5.41) is 0. The highest BCUT2D eigenvalue weighted by molar-refractivity contribution is 7.89. The molecule has 0 aromatic heterocycles. The second-order valence-corrected chi connectivity index (χ2v) is 9.68. The fourth-order valence-electron chi connectivity index (χ4n) is 3.35. The van der Waals surface area contributed by atoms with Gasteiger partial charge in [-0.3, -0.25) is 0 Å². The Labute approximate surface area is 163 Å². The lowest BCUT2D eigenvalue weighted by atomic mass is 9.92. The lowest BCUT2D eigenvalue weighted by molar-refractivity contribution is 0.225. The van der Waals surface area contributed by atoms with Gasteiger partial charge >= 0.3 is 0 Å². The molecule has 0 heterocycles. The molecular weight excluding hydrogens is 364 g/mol. The van der Waals surface area contributed by atoms with Crippen LogP contribution in [0.1, 0.15) is 58.9 Å². The Bertz CT molecular complexity index is 676. The number of ether oxygens (including phenoxy) is 2. The van der Waals surface area contributed by atoms with Crippen LogP contribution in [-0.2, 0) is 16.4 Å². The average molecular weight is 399 g/mol. The lowest BCUT2D eigenvalue weighted by Gasteiger charge is -2.29. The fourth-order valence-corrected chi connectivity index (χ4v) is 4.70. The van der Waals surface area contributed by atoms with Crippen molar-refractivity contribution in [2.45, 2.75) is 84.1 Å². The van der Waals surface area contributed by atoms with Gasteiger partial charge in [-0.15, -0.1) is 0 Å². The monoisotopic (exact) mass is 398 g/mol. The molecule has 6 nitrogen and oxygen atoms in total. The van der Waals surface area contributed by atoms with E-state index in [4.69, 9.17) is 15.2 Å². The van der Waals surface area contributed by atoms with Crippen molar-refractivity contribution in [3.05, 3.63) is 23.8 Å². The van der Waals surface area contributed by atoms with Gasteiger partial charge < -0.3 is 15.2 Å². The number of rotatable bonds is 9. The Morgan fingerprint density at radius 3 is 2.15 bits per heavy atom. The predicted molar refractivity (Wildman–Crippen MR) is 109 cm³/mol. The van der Waals surface area contributed by atoms with E-state index in [0.717, 1.165) is 31.2 Å². The topological polar surface area (TPSA) is 90.6 Å². The van der Waals surface area contributed by atoms with Gasteiger partial charge in [-0.1, -0.05) is 18.9 Å². The second kappa shape index (κ2) is 9.75. The van der Waals surface area contributed by atoms with Crippen LogP contribution in [0.4, 0.5) is 0 Å². The minimum atomic E-state index is -3.44. The SMILES string of the molecule is CC(C)Oc1cccc(OC(C)C)c1CCS(=O)(=O)NC1CCCCC1N. The number of nitrogens with two attached hydrogens (primary N) is 1.